The third-order valence-corrected chi connectivity index (χ3v) is 3.28. The zero-order chi connectivity index (χ0) is 12.6. The van der Waals surface area contributed by atoms with E-state index in [2.05, 4.69) is 0 Å². The second-order valence-corrected chi connectivity index (χ2v) is 4.44. The van der Waals surface area contributed by atoms with E-state index in [1.54, 1.807) is 0 Å². The van der Waals surface area contributed by atoms with Gasteiger partial charge in [0.15, 0.2) is 0 Å². The van der Waals surface area contributed by atoms with Crippen molar-refractivity contribution in [2.45, 2.75) is 36.9 Å². The number of esters is 1. The molecule has 2 heterocycles. The van der Waals surface area contributed by atoms with Crippen LogP contribution in [-0.4, -0.2) is 70.1 Å². The van der Waals surface area contributed by atoms with Gasteiger partial charge in [-0.1, -0.05) is 0 Å². The van der Waals surface area contributed by atoms with Gasteiger partial charge in [-0.25, -0.2) is 0 Å². The minimum atomic E-state index is -1.40. The van der Waals surface area contributed by atoms with Gasteiger partial charge in [0.25, 0.3) is 0 Å². The van der Waals surface area contributed by atoms with E-state index >= 15 is 0 Å². The summed E-state index contributed by atoms with van der Waals surface area (Å²) in [5, 5.41) is 37.9. The largest absolute Gasteiger partial charge is 0.465 e. The highest BCUT2D eigenvalue weighted by Gasteiger charge is 2.48. The van der Waals surface area contributed by atoms with Gasteiger partial charge in [-0.2, -0.15) is 0 Å². The molecule has 4 N–H and O–H groups in total. The molecule has 17 heavy (non-hydrogen) atoms. The lowest BCUT2D eigenvalue weighted by molar-refractivity contribution is -0.240. The van der Waals surface area contributed by atoms with Crippen molar-refractivity contribution in [2.24, 2.45) is 5.92 Å². The van der Waals surface area contributed by atoms with Crippen LogP contribution < -0.4 is 0 Å². The average molecular weight is 248 g/mol. The number of aliphatic hydroxyl groups is 4. The molecule has 7 nitrogen and oxygen atoms in total. The Morgan fingerprint density at radius 1 is 1.18 bits per heavy atom. The summed E-state index contributed by atoms with van der Waals surface area (Å²) < 4.78 is 10.1. The molecule has 0 aromatic carbocycles. The number of carbonyl (C=O) groups is 1. The Balaban J connectivity index is 2.08. The van der Waals surface area contributed by atoms with E-state index in [1.807, 2.05) is 0 Å². The first-order valence-electron chi connectivity index (χ1n) is 5.50. The van der Waals surface area contributed by atoms with Gasteiger partial charge in [-0.3, -0.25) is 4.79 Å². The van der Waals surface area contributed by atoms with E-state index in [0.29, 0.717) is 0 Å². The van der Waals surface area contributed by atoms with E-state index < -0.39 is 37.1 Å². The van der Waals surface area contributed by atoms with Crippen LogP contribution in [0, 0.1) is 5.92 Å². The Kier molecular flexibility index (Phi) is 3.64. The second kappa shape index (κ2) is 4.87. The van der Waals surface area contributed by atoms with Gasteiger partial charge in [0, 0.05) is 5.92 Å². The Bertz CT molecular complexity index is 292. The van der Waals surface area contributed by atoms with Gasteiger partial charge in [0.1, 0.15) is 24.4 Å². The molecular weight excluding hydrogens is 232 g/mol. The van der Waals surface area contributed by atoms with Crippen LogP contribution in [0.5, 0.6) is 0 Å². The third kappa shape index (κ3) is 2.29. The highest BCUT2D eigenvalue weighted by atomic mass is 16.6. The van der Waals surface area contributed by atoms with Crippen LogP contribution in [0.4, 0.5) is 0 Å². The van der Waals surface area contributed by atoms with E-state index in [1.165, 1.54) is 0 Å². The highest BCUT2D eigenvalue weighted by molar-refractivity contribution is 5.71. The molecular formula is C10H16O7. The van der Waals surface area contributed by atoms with Gasteiger partial charge >= 0.3 is 5.97 Å². The van der Waals surface area contributed by atoms with E-state index in [-0.39, 0.29) is 24.9 Å². The van der Waals surface area contributed by atoms with Crippen LogP contribution >= 0.6 is 0 Å². The van der Waals surface area contributed by atoms with E-state index in [9.17, 15) is 20.1 Å². The van der Waals surface area contributed by atoms with Crippen molar-refractivity contribution in [2.75, 3.05) is 13.2 Å². The third-order valence-electron chi connectivity index (χ3n) is 3.28. The molecule has 6 atom stereocenters. The smallest absolute Gasteiger partial charge is 0.306 e. The van der Waals surface area contributed by atoms with Crippen molar-refractivity contribution in [3.8, 4) is 0 Å². The standard InChI is InChI=1S/C10H16O7/c11-2-5-7(13)8(14)9(15)10(17-5)4-1-6(12)16-3-4/h4-5,7-11,13-15H,1-3H2/t4-,5-,7-,8+,9-,10+/m1/s1. The van der Waals surface area contributed by atoms with Crippen molar-refractivity contribution in [1.29, 1.82) is 0 Å². The Morgan fingerprint density at radius 3 is 2.41 bits per heavy atom. The van der Waals surface area contributed by atoms with Crippen molar-refractivity contribution in [1.82, 2.24) is 0 Å². The highest BCUT2D eigenvalue weighted by Crippen LogP contribution is 2.30. The molecule has 2 saturated heterocycles. The number of hydrogen-bond acceptors (Lipinski definition) is 7. The molecule has 2 rings (SSSR count). The number of rotatable bonds is 2. The lowest BCUT2D eigenvalue weighted by Gasteiger charge is -2.41. The van der Waals surface area contributed by atoms with E-state index in [4.69, 9.17) is 14.6 Å². The average Bonchev–Trinajstić information content (AvgIpc) is 2.73. The molecule has 0 amide bonds. The van der Waals surface area contributed by atoms with Crippen molar-refractivity contribution < 1.29 is 34.7 Å². The Labute approximate surface area is 97.6 Å². The summed E-state index contributed by atoms with van der Waals surface area (Å²) in [6.07, 6.45) is -5.73. The Hall–Kier alpha value is -0.730. The molecule has 0 aromatic heterocycles. The van der Waals surface area contributed by atoms with Gasteiger partial charge < -0.3 is 29.9 Å². The predicted octanol–water partition coefficient (Wildman–Crippen LogP) is -2.61. The summed E-state index contributed by atoms with van der Waals surface area (Å²) >= 11 is 0. The van der Waals surface area contributed by atoms with Gasteiger partial charge in [-0.15, -0.1) is 0 Å². The summed E-state index contributed by atoms with van der Waals surface area (Å²) in [4.78, 5) is 11.0. The Morgan fingerprint density at radius 2 is 1.88 bits per heavy atom. The van der Waals surface area contributed by atoms with Crippen molar-refractivity contribution >= 4 is 5.97 Å². The van der Waals surface area contributed by atoms with E-state index in [0.717, 1.165) is 0 Å². The van der Waals surface area contributed by atoms with Crippen LogP contribution in [0.1, 0.15) is 6.42 Å². The summed E-state index contributed by atoms with van der Waals surface area (Å²) in [6, 6.07) is 0. The minimum absolute atomic E-state index is 0.0999. The number of cyclic esters (lactones) is 1. The maximum absolute atomic E-state index is 11.0. The number of ether oxygens (including phenoxy) is 2. The fourth-order valence-corrected chi connectivity index (χ4v) is 2.26. The molecule has 2 aliphatic heterocycles. The lowest BCUT2D eigenvalue weighted by atomic mass is 9.87. The first kappa shape index (κ1) is 12.7. The van der Waals surface area contributed by atoms with Gasteiger partial charge in [-0.05, 0) is 0 Å². The van der Waals surface area contributed by atoms with Gasteiger partial charge in [0.05, 0.1) is 25.7 Å². The number of hydrogen-bond donors (Lipinski definition) is 4. The molecule has 0 spiro atoms. The number of carbonyl (C=O) groups excluding carboxylic acids is 1. The lowest BCUT2D eigenvalue weighted by Crippen LogP contribution is -2.60. The quantitative estimate of drug-likeness (QED) is 0.396. The second-order valence-electron chi connectivity index (χ2n) is 4.44. The monoisotopic (exact) mass is 248 g/mol. The van der Waals surface area contributed by atoms with Crippen LogP contribution in [-0.2, 0) is 14.3 Å². The predicted molar refractivity (Wildman–Crippen MR) is 52.8 cm³/mol. The van der Waals surface area contributed by atoms with Crippen LogP contribution in [0.15, 0.2) is 0 Å². The molecule has 0 aliphatic carbocycles. The van der Waals surface area contributed by atoms with Crippen molar-refractivity contribution in [3.05, 3.63) is 0 Å². The number of aliphatic hydroxyl groups excluding tert-OH is 4. The van der Waals surface area contributed by atoms with Crippen LogP contribution in [0.25, 0.3) is 0 Å². The maximum Gasteiger partial charge on any atom is 0.306 e. The first-order valence-corrected chi connectivity index (χ1v) is 5.50. The molecule has 0 saturated carbocycles. The minimum Gasteiger partial charge on any atom is -0.465 e. The summed E-state index contributed by atoms with van der Waals surface area (Å²) in [7, 11) is 0. The maximum atomic E-state index is 11.0. The molecule has 7 heteroatoms. The zero-order valence-electron chi connectivity index (χ0n) is 9.10. The molecule has 0 bridgehead atoms. The molecule has 0 radical (unpaired) electrons. The molecule has 2 aliphatic rings. The summed E-state index contributed by atoms with van der Waals surface area (Å²) in [6.45, 7) is -0.357. The summed E-state index contributed by atoms with van der Waals surface area (Å²) in [5.74, 6) is -0.749. The topological polar surface area (TPSA) is 116 Å². The fourth-order valence-electron chi connectivity index (χ4n) is 2.26. The SMILES string of the molecule is O=C1C[C@@H]([C@@H]2O[C@H](CO)[C@@H](O)[C@H](O)[C@H]2O)CO1. The molecule has 0 aromatic rings. The van der Waals surface area contributed by atoms with Crippen LogP contribution in [0.3, 0.4) is 0 Å². The first-order chi connectivity index (χ1) is 8.04. The van der Waals surface area contributed by atoms with Gasteiger partial charge in [0.2, 0.25) is 0 Å². The molecule has 2 fully saturated rings. The van der Waals surface area contributed by atoms with Crippen molar-refractivity contribution in [3.63, 3.8) is 0 Å². The zero-order valence-corrected chi connectivity index (χ0v) is 9.10. The normalized spacial score (nSPS) is 46.9. The molecule has 98 valence electrons. The van der Waals surface area contributed by atoms with Crippen LogP contribution in [0.2, 0.25) is 0 Å². The molecule has 0 unspecified atom stereocenters. The fraction of sp³-hybridized carbons (Fsp3) is 0.900. The summed E-state index contributed by atoms with van der Waals surface area (Å²) in [5.41, 5.74) is 0.